The van der Waals surface area contributed by atoms with Crippen LogP contribution in [0.5, 0.6) is 0 Å². The molecule has 2 nitrogen and oxygen atoms in total. The highest BCUT2D eigenvalue weighted by Crippen LogP contribution is 2.15. The lowest BCUT2D eigenvalue weighted by molar-refractivity contribution is 0.514. The Kier molecular flexibility index (Phi) is 2.72. The first kappa shape index (κ1) is 9.77. The lowest BCUT2D eigenvalue weighted by Crippen LogP contribution is -2.01. The van der Waals surface area contributed by atoms with Crippen LogP contribution in [0.3, 0.4) is 0 Å². The predicted molar refractivity (Wildman–Crippen MR) is 57.2 cm³/mol. The van der Waals surface area contributed by atoms with Crippen LogP contribution in [0, 0.1) is 12.7 Å². The number of halogens is 1. The number of benzene rings is 1. The van der Waals surface area contributed by atoms with Crippen molar-refractivity contribution in [1.29, 1.82) is 0 Å². The van der Waals surface area contributed by atoms with Gasteiger partial charge in [0.15, 0.2) is 0 Å². The second kappa shape index (κ2) is 4.17. The minimum atomic E-state index is -0.248. The van der Waals surface area contributed by atoms with Crippen molar-refractivity contribution in [3.8, 4) is 0 Å². The molecule has 2 aromatic rings. The molecule has 3 heteroatoms. The Morgan fingerprint density at radius 3 is 2.73 bits per heavy atom. The Bertz CT molecular complexity index is 450. The van der Waals surface area contributed by atoms with E-state index in [0.717, 1.165) is 11.3 Å². The molecule has 0 spiro atoms. The molecule has 78 valence electrons. The van der Waals surface area contributed by atoms with Crippen LogP contribution in [0.1, 0.15) is 11.3 Å². The number of nitrogens with one attached hydrogen (secondary N) is 1. The first-order chi connectivity index (χ1) is 7.27. The molecule has 0 bridgehead atoms. The molecule has 0 saturated heterocycles. The van der Waals surface area contributed by atoms with Crippen LogP contribution >= 0.6 is 0 Å². The van der Waals surface area contributed by atoms with Crippen LogP contribution in [-0.2, 0) is 6.54 Å². The molecule has 0 amide bonds. The van der Waals surface area contributed by atoms with Crippen molar-refractivity contribution < 1.29 is 8.81 Å². The molecule has 0 fully saturated rings. The number of rotatable bonds is 3. The fourth-order valence-electron chi connectivity index (χ4n) is 1.37. The van der Waals surface area contributed by atoms with E-state index in [4.69, 9.17) is 4.42 Å². The van der Waals surface area contributed by atoms with E-state index < -0.39 is 0 Å². The van der Waals surface area contributed by atoms with E-state index in [1.807, 2.05) is 13.0 Å². The number of hydrogen-bond donors (Lipinski definition) is 1. The quantitative estimate of drug-likeness (QED) is 0.831. The van der Waals surface area contributed by atoms with Gasteiger partial charge in [0, 0.05) is 0 Å². The summed E-state index contributed by atoms with van der Waals surface area (Å²) >= 11 is 0. The summed E-state index contributed by atoms with van der Waals surface area (Å²) in [5.74, 6) is 0.583. The highest BCUT2D eigenvalue weighted by Gasteiger charge is 2.03. The van der Waals surface area contributed by atoms with E-state index in [2.05, 4.69) is 5.32 Å². The molecule has 0 aliphatic heterocycles. The van der Waals surface area contributed by atoms with Crippen molar-refractivity contribution in [3.63, 3.8) is 0 Å². The van der Waals surface area contributed by atoms with Crippen LogP contribution in [-0.4, -0.2) is 0 Å². The molecule has 0 radical (unpaired) electrons. The Labute approximate surface area is 87.7 Å². The minimum absolute atomic E-state index is 0.248. The van der Waals surface area contributed by atoms with Gasteiger partial charge in [0.25, 0.3) is 0 Å². The van der Waals surface area contributed by atoms with E-state index >= 15 is 0 Å². The number of hydrogen-bond acceptors (Lipinski definition) is 2. The SMILES string of the molecule is Cc1ccoc1CNc1ccccc1F. The summed E-state index contributed by atoms with van der Waals surface area (Å²) in [6.07, 6.45) is 1.63. The van der Waals surface area contributed by atoms with E-state index in [0.29, 0.717) is 12.2 Å². The minimum Gasteiger partial charge on any atom is -0.467 e. The van der Waals surface area contributed by atoms with Gasteiger partial charge in [0.05, 0.1) is 18.5 Å². The maximum atomic E-state index is 13.2. The van der Waals surface area contributed by atoms with Crippen molar-refractivity contribution in [2.24, 2.45) is 0 Å². The zero-order chi connectivity index (χ0) is 10.7. The Morgan fingerprint density at radius 2 is 2.07 bits per heavy atom. The van der Waals surface area contributed by atoms with Gasteiger partial charge in [0.1, 0.15) is 11.6 Å². The second-order valence-corrected chi connectivity index (χ2v) is 3.36. The molecular formula is C12H12FNO. The molecule has 2 rings (SSSR count). The molecule has 0 atom stereocenters. The Hall–Kier alpha value is -1.77. The summed E-state index contributed by atoms with van der Waals surface area (Å²) in [7, 11) is 0. The molecule has 0 saturated carbocycles. The first-order valence-electron chi connectivity index (χ1n) is 4.79. The van der Waals surface area contributed by atoms with Crippen LogP contribution in [0.25, 0.3) is 0 Å². The predicted octanol–water partition coefficient (Wildman–Crippen LogP) is 3.34. The molecule has 1 heterocycles. The monoisotopic (exact) mass is 205 g/mol. The average molecular weight is 205 g/mol. The van der Waals surface area contributed by atoms with Gasteiger partial charge in [-0.3, -0.25) is 0 Å². The molecular weight excluding hydrogens is 193 g/mol. The zero-order valence-electron chi connectivity index (χ0n) is 8.46. The molecule has 1 aromatic heterocycles. The maximum Gasteiger partial charge on any atom is 0.146 e. The number of furan rings is 1. The fourth-order valence-corrected chi connectivity index (χ4v) is 1.37. The Morgan fingerprint density at radius 1 is 1.27 bits per heavy atom. The second-order valence-electron chi connectivity index (χ2n) is 3.36. The van der Waals surface area contributed by atoms with Crippen molar-refractivity contribution in [2.45, 2.75) is 13.5 Å². The van der Waals surface area contributed by atoms with E-state index in [-0.39, 0.29) is 5.82 Å². The first-order valence-corrected chi connectivity index (χ1v) is 4.79. The summed E-state index contributed by atoms with van der Waals surface area (Å²) in [4.78, 5) is 0. The molecule has 0 aliphatic carbocycles. The van der Waals surface area contributed by atoms with Crippen molar-refractivity contribution in [1.82, 2.24) is 0 Å². The maximum absolute atomic E-state index is 13.2. The van der Waals surface area contributed by atoms with Crippen molar-refractivity contribution in [3.05, 3.63) is 53.7 Å². The smallest absolute Gasteiger partial charge is 0.146 e. The standard InChI is InChI=1S/C12H12FNO/c1-9-6-7-15-12(9)8-14-11-5-3-2-4-10(11)13/h2-7,14H,8H2,1H3. The van der Waals surface area contributed by atoms with Gasteiger partial charge in [-0.2, -0.15) is 0 Å². The lowest BCUT2D eigenvalue weighted by Gasteiger charge is -2.05. The fraction of sp³-hybridized carbons (Fsp3) is 0.167. The van der Waals surface area contributed by atoms with Gasteiger partial charge >= 0.3 is 0 Å². The van der Waals surface area contributed by atoms with Gasteiger partial charge in [-0.05, 0) is 30.7 Å². The van der Waals surface area contributed by atoms with E-state index in [9.17, 15) is 4.39 Å². The molecule has 1 aromatic carbocycles. The summed E-state index contributed by atoms with van der Waals surface area (Å²) in [6, 6.07) is 8.47. The van der Waals surface area contributed by atoms with Crippen molar-refractivity contribution in [2.75, 3.05) is 5.32 Å². The van der Waals surface area contributed by atoms with E-state index in [1.54, 1.807) is 24.5 Å². The topological polar surface area (TPSA) is 25.2 Å². The van der Waals surface area contributed by atoms with Crippen LogP contribution in [0.15, 0.2) is 41.0 Å². The number of anilines is 1. The van der Waals surface area contributed by atoms with Crippen LogP contribution in [0.4, 0.5) is 10.1 Å². The summed E-state index contributed by atoms with van der Waals surface area (Å²) in [5, 5.41) is 2.99. The van der Waals surface area contributed by atoms with Gasteiger partial charge in [-0.25, -0.2) is 4.39 Å². The summed E-state index contributed by atoms with van der Waals surface area (Å²) in [6.45, 7) is 2.46. The van der Waals surface area contributed by atoms with Gasteiger partial charge < -0.3 is 9.73 Å². The average Bonchev–Trinajstić information content (AvgIpc) is 2.63. The normalized spacial score (nSPS) is 10.3. The number of aryl methyl sites for hydroxylation is 1. The highest BCUT2D eigenvalue weighted by atomic mass is 19.1. The third-order valence-electron chi connectivity index (χ3n) is 2.28. The summed E-state index contributed by atoms with van der Waals surface area (Å²) in [5.41, 5.74) is 1.56. The molecule has 0 unspecified atom stereocenters. The zero-order valence-corrected chi connectivity index (χ0v) is 8.46. The largest absolute Gasteiger partial charge is 0.467 e. The molecule has 0 aliphatic rings. The molecule has 1 N–H and O–H groups in total. The van der Waals surface area contributed by atoms with Gasteiger partial charge in [0.2, 0.25) is 0 Å². The Balaban J connectivity index is 2.06. The van der Waals surface area contributed by atoms with E-state index in [1.165, 1.54) is 6.07 Å². The third-order valence-corrected chi connectivity index (χ3v) is 2.28. The summed E-state index contributed by atoms with van der Waals surface area (Å²) < 4.78 is 18.5. The van der Waals surface area contributed by atoms with Crippen LogP contribution < -0.4 is 5.32 Å². The highest BCUT2D eigenvalue weighted by molar-refractivity contribution is 5.44. The lowest BCUT2D eigenvalue weighted by atomic mass is 10.2. The van der Waals surface area contributed by atoms with Gasteiger partial charge in [-0.1, -0.05) is 12.1 Å². The van der Waals surface area contributed by atoms with Crippen LogP contribution in [0.2, 0.25) is 0 Å². The third kappa shape index (κ3) is 2.18. The molecule has 15 heavy (non-hydrogen) atoms. The van der Waals surface area contributed by atoms with Crippen molar-refractivity contribution >= 4 is 5.69 Å². The van der Waals surface area contributed by atoms with Gasteiger partial charge in [-0.15, -0.1) is 0 Å². The number of para-hydroxylation sites is 1.